The highest BCUT2D eigenvalue weighted by Gasteiger charge is 2.22. The number of para-hydroxylation sites is 4. The van der Waals surface area contributed by atoms with Gasteiger partial charge in [-0.15, -0.1) is 0 Å². The molecule has 0 radical (unpaired) electrons. The molecule has 0 saturated heterocycles. The number of hydrogen-bond donors (Lipinski definition) is 0. The Hall–Kier alpha value is -7.75. The molecule has 6 heteroatoms. The summed E-state index contributed by atoms with van der Waals surface area (Å²) in [6, 6.07) is 31.8. The molecule has 3 aromatic heterocycles. The molecule has 0 saturated carbocycles. The van der Waals surface area contributed by atoms with Crippen LogP contribution >= 0.6 is 0 Å². The summed E-state index contributed by atoms with van der Waals surface area (Å²) < 4.78 is 98.9. The zero-order valence-corrected chi connectivity index (χ0v) is 32.2. The van der Waals surface area contributed by atoms with E-state index < -0.39 is 60.4 Å². The van der Waals surface area contributed by atoms with Crippen molar-refractivity contribution < 1.29 is 23.0 Å². The van der Waals surface area contributed by atoms with Crippen molar-refractivity contribution in [3.63, 3.8) is 0 Å². The number of aromatic nitrogens is 4. The Morgan fingerprint density at radius 1 is 0.695 bits per heavy atom. The van der Waals surface area contributed by atoms with Crippen molar-refractivity contribution in [2.75, 3.05) is 0 Å². The third-order valence-electron chi connectivity index (χ3n) is 10.4. The molecular formula is C53H39N5O. The number of nitriles is 1. The van der Waals surface area contributed by atoms with E-state index in [9.17, 15) is 5.26 Å². The van der Waals surface area contributed by atoms with Crippen molar-refractivity contribution in [1.29, 1.82) is 5.26 Å². The number of pyridine rings is 1. The molecule has 0 N–H and O–H groups in total. The lowest BCUT2D eigenvalue weighted by Gasteiger charge is -2.20. The minimum atomic E-state index is -0.581. The number of benzene rings is 7. The van der Waals surface area contributed by atoms with Crippen LogP contribution in [0.2, 0.25) is 0 Å². The van der Waals surface area contributed by atoms with Gasteiger partial charge in [-0.2, -0.15) is 5.26 Å². The molecule has 0 spiro atoms. The standard InChI is InChI=1S/C53H39N5O/c1-53(2,3)39-28-29-55-51(31-39)58-46-25-11-10-22-44(46)45-30-38(34-54)50(33-49(45)58)59-41-21-14-20-40(32-41)56-35-57(48-27-13-12-26-47(48)56)52-42(36-16-6-4-7-17-36)23-15-24-43(52)37-18-8-5-9-19-37/h4-33H,1-3H3/i4D,5D,6D,7D,8D,9D,16D,17D,18D,19D. The van der Waals surface area contributed by atoms with Gasteiger partial charge in [0.1, 0.15) is 23.4 Å². The van der Waals surface area contributed by atoms with Gasteiger partial charge < -0.3 is 4.74 Å². The molecule has 0 bridgehead atoms. The third kappa shape index (κ3) is 6.30. The summed E-state index contributed by atoms with van der Waals surface area (Å²) in [4.78, 5) is 4.79. The maximum Gasteiger partial charge on any atom is 0.269 e. The fourth-order valence-electron chi connectivity index (χ4n) is 7.61. The highest BCUT2D eigenvalue weighted by molar-refractivity contribution is 6.10. The molecule has 0 fully saturated rings. The second-order valence-electron chi connectivity index (χ2n) is 15.0. The van der Waals surface area contributed by atoms with Crippen LogP contribution in [0.3, 0.4) is 0 Å². The van der Waals surface area contributed by atoms with E-state index in [1.54, 1.807) is 63.9 Å². The normalized spacial score (nSPS) is 14.0. The molecule has 6 nitrogen and oxygen atoms in total. The first kappa shape index (κ1) is 26.2. The van der Waals surface area contributed by atoms with Gasteiger partial charge >= 0.3 is 0 Å². The molecular weight excluding hydrogens is 723 g/mol. The molecule has 10 rings (SSSR count). The fourth-order valence-corrected chi connectivity index (χ4v) is 7.61. The first-order chi connectivity index (χ1) is 33.0. The number of hydrogen-bond acceptors (Lipinski definition) is 3. The zero-order chi connectivity index (χ0) is 48.8. The Kier molecular flexibility index (Phi) is 6.37. The number of fused-ring (bicyclic) bond motifs is 4. The number of rotatable bonds is 7. The summed E-state index contributed by atoms with van der Waals surface area (Å²) in [7, 11) is 0. The summed E-state index contributed by atoms with van der Waals surface area (Å²) in [5.74, 6) is 1.42. The zero-order valence-electron chi connectivity index (χ0n) is 42.2. The topological polar surface area (TPSA) is 59.6 Å². The van der Waals surface area contributed by atoms with Crippen molar-refractivity contribution in [3.8, 4) is 57.0 Å². The average molecular weight is 772 g/mol. The van der Waals surface area contributed by atoms with Crippen LogP contribution in [-0.2, 0) is 5.41 Å². The van der Waals surface area contributed by atoms with Gasteiger partial charge in [-0.1, -0.05) is 148 Å². The van der Waals surface area contributed by atoms with E-state index in [4.69, 9.17) is 23.4 Å². The minimum Gasteiger partial charge on any atom is -0.456 e. The number of nitrogens with zero attached hydrogens (tertiary/aromatic N) is 5. The quantitative estimate of drug-likeness (QED) is 0.120. The van der Waals surface area contributed by atoms with E-state index in [0.717, 1.165) is 33.2 Å². The Balaban J connectivity index is 1.17. The Morgan fingerprint density at radius 2 is 1.37 bits per heavy atom. The largest absolute Gasteiger partial charge is 0.456 e. The van der Waals surface area contributed by atoms with Gasteiger partial charge in [0.2, 0.25) is 0 Å². The molecule has 0 atom stereocenters. The maximum atomic E-state index is 10.5. The van der Waals surface area contributed by atoms with E-state index in [2.05, 4.69) is 43.8 Å². The summed E-state index contributed by atoms with van der Waals surface area (Å²) >= 11 is 0. The van der Waals surface area contributed by atoms with Crippen molar-refractivity contribution in [3.05, 3.63) is 199 Å². The van der Waals surface area contributed by atoms with Gasteiger partial charge in [0.05, 0.1) is 52.7 Å². The lowest BCUT2D eigenvalue weighted by molar-refractivity contribution is -0.571. The SMILES string of the molecule is [2H]c1c([2H])c([2H])c(-c2cccc(-c3c([2H])c([2H])c([2H])c([2H])c3[2H])c2-[n+]2[c-]n(-c3cccc(Oc4cc5c(cc4C#N)c4ccccc4n5-c4cc(C(C)(C)C)ccn4)c3)c3ccccc32)c([2H])c1[2H]. The first-order valence-electron chi connectivity index (χ1n) is 24.0. The monoisotopic (exact) mass is 771 g/mol. The molecule has 0 aliphatic carbocycles. The highest BCUT2D eigenvalue weighted by atomic mass is 16.5. The van der Waals surface area contributed by atoms with Gasteiger partial charge in [-0.3, -0.25) is 13.7 Å². The van der Waals surface area contributed by atoms with Crippen molar-refractivity contribution in [1.82, 2.24) is 14.1 Å². The van der Waals surface area contributed by atoms with Crippen LogP contribution < -0.4 is 9.30 Å². The van der Waals surface area contributed by atoms with Gasteiger partial charge in [0, 0.05) is 23.0 Å². The molecule has 59 heavy (non-hydrogen) atoms. The predicted molar refractivity (Wildman–Crippen MR) is 237 cm³/mol. The molecule has 0 aliphatic heterocycles. The number of ether oxygens (including phenoxy) is 1. The Labute approximate surface area is 357 Å². The fraction of sp³-hybridized carbons (Fsp3) is 0.0755. The maximum absolute atomic E-state index is 10.5. The van der Waals surface area contributed by atoms with Crippen LogP contribution in [0, 0.1) is 17.7 Å². The molecule has 282 valence electrons. The van der Waals surface area contributed by atoms with Crippen molar-refractivity contribution in [2.24, 2.45) is 0 Å². The molecule has 0 amide bonds. The van der Waals surface area contributed by atoms with E-state index in [0.29, 0.717) is 33.8 Å². The summed E-state index contributed by atoms with van der Waals surface area (Å²) in [6.07, 6.45) is 5.21. The van der Waals surface area contributed by atoms with Crippen LogP contribution in [0.1, 0.15) is 45.6 Å². The summed E-state index contributed by atoms with van der Waals surface area (Å²) in [5.41, 5.74) is 4.80. The van der Waals surface area contributed by atoms with Gasteiger partial charge in [-0.25, -0.2) is 4.98 Å². The highest BCUT2D eigenvalue weighted by Crippen LogP contribution is 2.39. The minimum absolute atomic E-state index is 0.133. The van der Waals surface area contributed by atoms with Crippen LogP contribution in [-0.4, -0.2) is 14.1 Å². The molecule has 0 unspecified atom stereocenters. The molecule has 0 aliphatic rings. The van der Waals surface area contributed by atoms with Crippen molar-refractivity contribution >= 4 is 32.8 Å². The van der Waals surface area contributed by atoms with E-state index in [-0.39, 0.29) is 33.4 Å². The number of imidazole rings is 1. The van der Waals surface area contributed by atoms with Crippen LogP contribution in [0.25, 0.3) is 72.3 Å². The molecule has 3 heterocycles. The van der Waals surface area contributed by atoms with Gasteiger partial charge in [0.25, 0.3) is 6.33 Å². The van der Waals surface area contributed by atoms with E-state index in [1.165, 1.54) is 0 Å². The van der Waals surface area contributed by atoms with Gasteiger partial charge in [-0.05, 0) is 75.7 Å². The van der Waals surface area contributed by atoms with E-state index in [1.807, 2.05) is 60.7 Å². The van der Waals surface area contributed by atoms with Crippen LogP contribution in [0.5, 0.6) is 11.5 Å². The predicted octanol–water partition coefficient (Wildman–Crippen LogP) is 12.5. The second-order valence-corrected chi connectivity index (χ2v) is 15.0. The van der Waals surface area contributed by atoms with Crippen molar-refractivity contribution in [2.45, 2.75) is 26.2 Å². The molecule has 7 aromatic carbocycles. The average Bonchev–Trinajstić information content (AvgIpc) is 3.89. The Bertz CT molecular complexity index is 3700. The van der Waals surface area contributed by atoms with Crippen LogP contribution in [0.15, 0.2) is 182 Å². The summed E-state index contributed by atoms with van der Waals surface area (Å²) in [6.45, 7) is 6.45. The summed E-state index contributed by atoms with van der Waals surface area (Å²) in [5, 5.41) is 12.3. The van der Waals surface area contributed by atoms with Crippen LogP contribution in [0.4, 0.5) is 0 Å². The lowest BCUT2D eigenvalue weighted by atomic mass is 9.88. The van der Waals surface area contributed by atoms with E-state index >= 15 is 0 Å². The smallest absolute Gasteiger partial charge is 0.269 e. The third-order valence-corrected chi connectivity index (χ3v) is 10.4. The second kappa shape index (κ2) is 14.3. The molecule has 10 aromatic rings. The Morgan fingerprint density at radius 3 is 2.08 bits per heavy atom. The van der Waals surface area contributed by atoms with Gasteiger partial charge in [0.15, 0.2) is 0 Å². The lowest BCUT2D eigenvalue weighted by Crippen LogP contribution is -2.31. The first-order valence-corrected chi connectivity index (χ1v) is 19.0.